The number of H-pyrrole nitrogens is 1. The molecule has 0 aromatic carbocycles. The second-order valence-corrected chi connectivity index (χ2v) is 2.98. The van der Waals surface area contributed by atoms with E-state index in [2.05, 4.69) is 15.0 Å². The Hall–Kier alpha value is -1.75. The highest BCUT2D eigenvalue weighted by Gasteiger charge is 2.17. The van der Waals surface area contributed by atoms with Gasteiger partial charge in [-0.15, -0.1) is 0 Å². The molecule has 14 heavy (non-hydrogen) atoms. The lowest BCUT2D eigenvalue weighted by molar-refractivity contribution is 0.0595. The van der Waals surface area contributed by atoms with Crippen LogP contribution < -0.4 is 0 Å². The molecule has 1 radical (unpaired) electrons. The third-order valence-electron chi connectivity index (χ3n) is 1.89. The number of Topliss-reactive ketones (excluding diaryl/α,β-unsaturated/α-hetero) is 1. The minimum absolute atomic E-state index is 0.107. The second kappa shape index (κ2) is 3.19. The average molecular weight is 190 g/mol. The van der Waals surface area contributed by atoms with Gasteiger partial charge in [0.05, 0.1) is 11.7 Å². The molecule has 0 saturated carbocycles. The average Bonchev–Trinajstić information content (AvgIpc) is 2.59. The third kappa shape index (κ3) is 1.38. The maximum Gasteiger partial charge on any atom is 0.229 e. The maximum absolute atomic E-state index is 11.3. The minimum atomic E-state index is -1.29. The van der Waals surface area contributed by atoms with Crippen molar-refractivity contribution in [2.75, 3.05) is 0 Å². The van der Waals surface area contributed by atoms with Crippen LogP contribution in [0.3, 0.4) is 0 Å². The fraction of sp³-hybridized carbons (Fsp3) is 0.222. The Balaban J connectivity index is 2.50. The van der Waals surface area contributed by atoms with E-state index in [-0.39, 0.29) is 5.82 Å². The number of nitrogens with one attached hydrogen (secondary N) is 1. The number of fused-ring (bicyclic) bond motifs is 1. The summed E-state index contributed by atoms with van der Waals surface area (Å²) in [5, 5.41) is 10.9. The predicted octanol–water partition coefficient (Wildman–Crippen LogP) is 0.960. The first-order valence-electron chi connectivity index (χ1n) is 4.18. The molecule has 5 heteroatoms. The monoisotopic (exact) mass is 190 g/mol. The lowest BCUT2D eigenvalue weighted by atomic mass is 10.2. The summed E-state index contributed by atoms with van der Waals surface area (Å²) in [6.07, 6.45) is 1.84. The van der Waals surface area contributed by atoms with Gasteiger partial charge in [-0.3, -0.25) is 9.78 Å². The predicted molar refractivity (Wildman–Crippen MR) is 48.4 cm³/mol. The molecule has 2 rings (SSSR count). The van der Waals surface area contributed by atoms with Crippen molar-refractivity contribution in [2.24, 2.45) is 0 Å². The van der Waals surface area contributed by atoms with Gasteiger partial charge in [-0.25, -0.2) is 10.1 Å². The molecule has 2 aromatic heterocycles. The fourth-order valence-electron chi connectivity index (χ4n) is 1.17. The molecule has 0 saturated heterocycles. The number of carbonyl (C=O) groups excluding carboxylic acids is 1. The number of rotatable bonds is 2. The summed E-state index contributed by atoms with van der Waals surface area (Å²) in [6, 6.07) is 1.70. The first-order chi connectivity index (χ1) is 6.68. The van der Waals surface area contributed by atoms with Crippen LogP contribution in [-0.2, 0) is 5.11 Å². The highest BCUT2D eigenvalue weighted by atomic mass is 16.3. The van der Waals surface area contributed by atoms with Crippen LogP contribution in [0, 0.1) is 0 Å². The van der Waals surface area contributed by atoms with Gasteiger partial charge in [-0.1, -0.05) is 0 Å². The van der Waals surface area contributed by atoms with E-state index in [1.807, 2.05) is 0 Å². The van der Waals surface area contributed by atoms with Crippen molar-refractivity contribution >= 4 is 16.8 Å². The molecule has 2 heterocycles. The van der Waals surface area contributed by atoms with E-state index < -0.39 is 11.9 Å². The SMILES string of the molecule is CC([O])C(=O)c1nc2cnccc2[nH]1. The van der Waals surface area contributed by atoms with Crippen LogP contribution >= 0.6 is 0 Å². The summed E-state index contributed by atoms with van der Waals surface area (Å²) in [5.41, 5.74) is 1.31. The summed E-state index contributed by atoms with van der Waals surface area (Å²) in [7, 11) is 0. The van der Waals surface area contributed by atoms with Crippen molar-refractivity contribution in [2.45, 2.75) is 13.0 Å². The Labute approximate surface area is 79.8 Å². The molecule has 5 nitrogen and oxygen atoms in total. The van der Waals surface area contributed by atoms with Crippen molar-refractivity contribution < 1.29 is 9.90 Å². The summed E-state index contributed by atoms with van der Waals surface area (Å²) in [6.45, 7) is 1.30. The molecular weight excluding hydrogens is 182 g/mol. The van der Waals surface area contributed by atoms with Crippen LogP contribution in [-0.4, -0.2) is 26.8 Å². The van der Waals surface area contributed by atoms with Gasteiger partial charge in [-0.05, 0) is 13.0 Å². The van der Waals surface area contributed by atoms with Crippen LogP contribution in [0.2, 0.25) is 0 Å². The molecule has 0 amide bonds. The van der Waals surface area contributed by atoms with Crippen molar-refractivity contribution in [3.8, 4) is 0 Å². The normalized spacial score (nSPS) is 13.0. The van der Waals surface area contributed by atoms with Gasteiger partial charge < -0.3 is 4.98 Å². The number of carbonyl (C=O) groups is 1. The molecule has 1 unspecified atom stereocenters. The Morgan fingerprint density at radius 2 is 2.36 bits per heavy atom. The van der Waals surface area contributed by atoms with Gasteiger partial charge in [-0.2, -0.15) is 0 Å². The van der Waals surface area contributed by atoms with Crippen molar-refractivity contribution in [3.63, 3.8) is 0 Å². The van der Waals surface area contributed by atoms with Crippen LogP contribution in [0.4, 0.5) is 0 Å². The molecule has 71 valence electrons. The van der Waals surface area contributed by atoms with Gasteiger partial charge >= 0.3 is 0 Å². The van der Waals surface area contributed by atoms with Crippen molar-refractivity contribution in [1.82, 2.24) is 15.0 Å². The Morgan fingerprint density at radius 3 is 3.00 bits per heavy atom. The lowest BCUT2D eigenvalue weighted by Crippen LogP contribution is -2.16. The molecule has 2 aromatic rings. The molecule has 0 aliphatic heterocycles. The zero-order valence-corrected chi connectivity index (χ0v) is 7.52. The Bertz CT molecular complexity index is 443. The first-order valence-corrected chi connectivity index (χ1v) is 4.18. The number of imidazole rings is 1. The summed E-state index contributed by atoms with van der Waals surface area (Å²) in [5.74, 6) is -0.420. The molecule has 0 spiro atoms. The summed E-state index contributed by atoms with van der Waals surface area (Å²) < 4.78 is 0. The lowest BCUT2D eigenvalue weighted by Gasteiger charge is -1.94. The first kappa shape index (κ1) is 8.83. The van der Waals surface area contributed by atoms with Crippen LogP contribution in [0.15, 0.2) is 18.5 Å². The zero-order valence-electron chi connectivity index (χ0n) is 7.52. The van der Waals surface area contributed by atoms with Crippen molar-refractivity contribution in [3.05, 3.63) is 24.3 Å². The van der Waals surface area contributed by atoms with E-state index in [0.717, 1.165) is 0 Å². The molecular formula is C9H8N3O2. The van der Waals surface area contributed by atoms with E-state index in [9.17, 15) is 9.90 Å². The van der Waals surface area contributed by atoms with Crippen LogP contribution in [0.1, 0.15) is 17.5 Å². The zero-order chi connectivity index (χ0) is 10.1. The number of pyridine rings is 1. The van der Waals surface area contributed by atoms with Gasteiger partial charge in [0.1, 0.15) is 5.52 Å². The molecule has 0 aliphatic rings. The standard InChI is InChI=1S/C9H8N3O2/c1-5(13)8(14)9-11-6-2-3-10-4-7(6)12-9/h2-5H,1H3,(H,11,12). The van der Waals surface area contributed by atoms with E-state index in [1.54, 1.807) is 12.3 Å². The van der Waals surface area contributed by atoms with Gasteiger partial charge in [0.25, 0.3) is 0 Å². The molecule has 0 bridgehead atoms. The van der Waals surface area contributed by atoms with Gasteiger partial charge in [0.15, 0.2) is 11.9 Å². The molecule has 1 N–H and O–H groups in total. The number of nitrogens with zero attached hydrogens (tertiary/aromatic N) is 2. The Kier molecular flexibility index (Phi) is 2.01. The molecule has 1 atom stereocenters. The van der Waals surface area contributed by atoms with Gasteiger partial charge in [0, 0.05) is 6.20 Å². The molecule has 0 aliphatic carbocycles. The van der Waals surface area contributed by atoms with Crippen LogP contribution in [0.5, 0.6) is 0 Å². The quantitative estimate of drug-likeness (QED) is 0.716. The van der Waals surface area contributed by atoms with Crippen molar-refractivity contribution in [1.29, 1.82) is 0 Å². The van der Waals surface area contributed by atoms with E-state index >= 15 is 0 Å². The number of aromatic amines is 1. The highest BCUT2D eigenvalue weighted by Crippen LogP contribution is 2.10. The third-order valence-corrected chi connectivity index (χ3v) is 1.89. The van der Waals surface area contributed by atoms with E-state index in [0.29, 0.717) is 11.0 Å². The minimum Gasteiger partial charge on any atom is -0.335 e. The fourth-order valence-corrected chi connectivity index (χ4v) is 1.17. The largest absolute Gasteiger partial charge is 0.335 e. The number of ketones is 1. The summed E-state index contributed by atoms with van der Waals surface area (Å²) in [4.78, 5) is 21.9. The number of aromatic nitrogens is 3. The van der Waals surface area contributed by atoms with E-state index in [1.165, 1.54) is 13.1 Å². The highest BCUT2D eigenvalue weighted by molar-refractivity contribution is 5.98. The van der Waals surface area contributed by atoms with E-state index in [4.69, 9.17) is 0 Å². The van der Waals surface area contributed by atoms with Gasteiger partial charge in [0.2, 0.25) is 5.78 Å². The maximum atomic E-state index is 11.3. The smallest absolute Gasteiger partial charge is 0.229 e. The summed E-state index contributed by atoms with van der Waals surface area (Å²) >= 11 is 0. The molecule has 0 fully saturated rings. The van der Waals surface area contributed by atoms with Crippen LogP contribution in [0.25, 0.3) is 11.0 Å². The topological polar surface area (TPSA) is 78.5 Å². The second-order valence-electron chi connectivity index (χ2n) is 2.98. The Morgan fingerprint density at radius 1 is 1.57 bits per heavy atom. The number of hydrogen-bond acceptors (Lipinski definition) is 3. The number of hydrogen-bond donors (Lipinski definition) is 1.